The number of ether oxygens (including phenoxy) is 3. The molecule has 1 amide bonds. The molecule has 0 unspecified atom stereocenters. The van der Waals surface area contributed by atoms with Gasteiger partial charge in [-0.15, -0.1) is 0 Å². The van der Waals surface area contributed by atoms with Gasteiger partial charge >= 0.3 is 0 Å². The van der Waals surface area contributed by atoms with Crippen molar-refractivity contribution in [3.63, 3.8) is 0 Å². The van der Waals surface area contributed by atoms with Crippen LogP contribution in [-0.4, -0.2) is 26.7 Å². The van der Waals surface area contributed by atoms with Gasteiger partial charge in [0.2, 0.25) is 5.75 Å². The summed E-state index contributed by atoms with van der Waals surface area (Å²) in [6, 6.07) is 9.69. The van der Waals surface area contributed by atoms with Crippen molar-refractivity contribution in [3.05, 3.63) is 47.0 Å². The monoisotopic (exact) mass is 357 g/mol. The predicted molar refractivity (Wildman–Crippen MR) is 104 cm³/mol. The third kappa shape index (κ3) is 4.48. The summed E-state index contributed by atoms with van der Waals surface area (Å²) < 4.78 is 16.4. The highest BCUT2D eigenvalue weighted by Gasteiger charge is 2.16. The molecule has 0 aromatic heterocycles. The molecule has 0 fully saturated rings. The smallest absolute Gasteiger partial charge is 0.262 e. The second-order valence-electron chi connectivity index (χ2n) is 6.53. The molecule has 5 nitrogen and oxygen atoms in total. The van der Waals surface area contributed by atoms with Crippen molar-refractivity contribution in [1.82, 2.24) is 0 Å². The molecule has 0 aliphatic rings. The average molecular weight is 357 g/mol. The Morgan fingerprint density at radius 3 is 2.23 bits per heavy atom. The van der Waals surface area contributed by atoms with Crippen LogP contribution >= 0.6 is 0 Å². The van der Waals surface area contributed by atoms with E-state index >= 15 is 0 Å². The van der Waals surface area contributed by atoms with Crippen LogP contribution in [0.15, 0.2) is 30.3 Å². The first-order chi connectivity index (χ1) is 12.4. The van der Waals surface area contributed by atoms with Crippen molar-refractivity contribution >= 4 is 11.6 Å². The van der Waals surface area contributed by atoms with Crippen molar-refractivity contribution in [2.75, 3.05) is 26.1 Å². The molecule has 140 valence electrons. The van der Waals surface area contributed by atoms with Gasteiger partial charge in [-0.05, 0) is 48.6 Å². The minimum atomic E-state index is -0.231. The molecule has 0 radical (unpaired) electrons. The molecule has 0 bridgehead atoms. The molecule has 26 heavy (non-hydrogen) atoms. The van der Waals surface area contributed by atoms with Crippen LogP contribution in [0.25, 0.3) is 0 Å². The first-order valence-corrected chi connectivity index (χ1v) is 8.62. The number of anilines is 1. The van der Waals surface area contributed by atoms with E-state index in [1.54, 1.807) is 14.2 Å². The summed E-state index contributed by atoms with van der Waals surface area (Å²) in [5.74, 6) is 1.57. The van der Waals surface area contributed by atoms with Crippen LogP contribution in [-0.2, 0) is 4.79 Å². The molecule has 1 N–H and O–H groups in total. The molecule has 5 heteroatoms. The molecule has 2 rings (SSSR count). The van der Waals surface area contributed by atoms with E-state index in [2.05, 4.69) is 19.2 Å². The van der Waals surface area contributed by atoms with Gasteiger partial charge in [-0.25, -0.2) is 0 Å². The molecular formula is C21H27NO4. The van der Waals surface area contributed by atoms with E-state index in [1.807, 2.05) is 44.2 Å². The normalized spacial score (nSPS) is 10.6. The van der Waals surface area contributed by atoms with Crippen molar-refractivity contribution in [2.24, 2.45) is 0 Å². The number of para-hydroxylation sites is 1. The number of aryl methyl sites for hydroxylation is 2. The van der Waals surface area contributed by atoms with E-state index in [4.69, 9.17) is 14.2 Å². The van der Waals surface area contributed by atoms with Gasteiger partial charge in [0.15, 0.2) is 18.1 Å². The van der Waals surface area contributed by atoms with Gasteiger partial charge in [-0.2, -0.15) is 0 Å². The van der Waals surface area contributed by atoms with Crippen molar-refractivity contribution in [1.29, 1.82) is 0 Å². The van der Waals surface area contributed by atoms with Crippen molar-refractivity contribution in [2.45, 2.75) is 33.6 Å². The number of nitrogens with one attached hydrogen (secondary N) is 1. The molecule has 2 aromatic rings. The number of rotatable bonds is 7. The highest BCUT2D eigenvalue weighted by atomic mass is 16.5. The third-order valence-corrected chi connectivity index (χ3v) is 4.14. The molecule has 0 heterocycles. The fourth-order valence-corrected chi connectivity index (χ4v) is 2.81. The Kier molecular flexibility index (Phi) is 6.50. The predicted octanol–water partition coefficient (Wildman–Crippen LogP) is 4.46. The van der Waals surface area contributed by atoms with Crippen molar-refractivity contribution in [3.8, 4) is 17.2 Å². The first-order valence-electron chi connectivity index (χ1n) is 8.62. The summed E-state index contributed by atoms with van der Waals surface area (Å²) in [4.78, 5) is 12.5. The molecule has 2 aromatic carbocycles. The lowest BCUT2D eigenvalue weighted by Gasteiger charge is -2.18. The van der Waals surface area contributed by atoms with E-state index < -0.39 is 0 Å². The Balaban J connectivity index is 2.16. The summed E-state index contributed by atoms with van der Waals surface area (Å²) in [7, 11) is 3.12. The summed E-state index contributed by atoms with van der Waals surface area (Å²) >= 11 is 0. The molecule has 0 saturated heterocycles. The maximum absolute atomic E-state index is 12.5. The lowest BCUT2D eigenvalue weighted by molar-refractivity contribution is -0.118. The van der Waals surface area contributed by atoms with Crippen LogP contribution in [0.5, 0.6) is 17.2 Å². The van der Waals surface area contributed by atoms with Gasteiger partial charge in [0.05, 0.1) is 14.2 Å². The van der Waals surface area contributed by atoms with Crippen LogP contribution in [0.3, 0.4) is 0 Å². The number of amides is 1. The summed E-state index contributed by atoms with van der Waals surface area (Å²) in [6.45, 7) is 7.98. The topological polar surface area (TPSA) is 56.8 Å². The van der Waals surface area contributed by atoms with E-state index in [9.17, 15) is 4.79 Å². The minimum Gasteiger partial charge on any atom is -0.493 e. The zero-order valence-electron chi connectivity index (χ0n) is 16.3. The number of carbonyl (C=O) groups is 1. The lowest BCUT2D eigenvalue weighted by atomic mass is 9.98. The Morgan fingerprint density at radius 1 is 1.08 bits per heavy atom. The Hall–Kier alpha value is -2.69. The third-order valence-electron chi connectivity index (χ3n) is 4.14. The van der Waals surface area contributed by atoms with Crippen LogP contribution < -0.4 is 19.5 Å². The Bertz CT molecular complexity index is 759. The number of methoxy groups -OCH3 is 2. The maximum Gasteiger partial charge on any atom is 0.262 e. The van der Waals surface area contributed by atoms with E-state index in [0.29, 0.717) is 23.2 Å². The molecular weight excluding hydrogens is 330 g/mol. The summed E-state index contributed by atoms with van der Waals surface area (Å²) in [5, 5.41) is 2.97. The number of benzene rings is 2. The van der Waals surface area contributed by atoms with Gasteiger partial charge in [-0.1, -0.05) is 32.0 Å². The highest BCUT2D eigenvalue weighted by Crippen LogP contribution is 2.38. The molecule has 0 aliphatic carbocycles. The zero-order valence-corrected chi connectivity index (χ0v) is 16.3. The maximum atomic E-state index is 12.5. The Morgan fingerprint density at radius 2 is 1.69 bits per heavy atom. The van der Waals surface area contributed by atoms with Crippen LogP contribution in [0.1, 0.15) is 36.5 Å². The second-order valence-corrected chi connectivity index (χ2v) is 6.53. The Labute approximate surface area is 155 Å². The fourth-order valence-electron chi connectivity index (χ4n) is 2.81. The fraction of sp³-hybridized carbons (Fsp3) is 0.381. The second kappa shape index (κ2) is 8.61. The van der Waals surface area contributed by atoms with Gasteiger partial charge in [0.25, 0.3) is 5.91 Å². The van der Waals surface area contributed by atoms with Gasteiger partial charge in [0.1, 0.15) is 0 Å². The van der Waals surface area contributed by atoms with Crippen molar-refractivity contribution < 1.29 is 19.0 Å². The first kappa shape index (κ1) is 19.6. The summed E-state index contributed by atoms with van der Waals surface area (Å²) in [6.07, 6.45) is 0. The zero-order chi connectivity index (χ0) is 19.3. The lowest BCUT2D eigenvalue weighted by Crippen LogP contribution is -2.22. The summed E-state index contributed by atoms with van der Waals surface area (Å²) in [5.41, 5.74) is 3.95. The molecule has 0 spiro atoms. The van der Waals surface area contributed by atoms with Crippen LogP contribution in [0.4, 0.5) is 5.69 Å². The molecule has 0 aliphatic heterocycles. The van der Waals surface area contributed by atoms with Gasteiger partial charge < -0.3 is 19.5 Å². The average Bonchev–Trinajstić information content (AvgIpc) is 2.61. The van der Waals surface area contributed by atoms with Gasteiger partial charge in [0, 0.05) is 5.69 Å². The minimum absolute atomic E-state index is 0.137. The number of hydrogen-bond acceptors (Lipinski definition) is 4. The molecule has 0 atom stereocenters. The van der Waals surface area contributed by atoms with E-state index in [-0.39, 0.29) is 12.5 Å². The SMILES string of the molecule is COc1cc(C)cc(OC)c1OCC(=O)Nc1c(C)cccc1C(C)C. The van der Waals surface area contributed by atoms with Crippen LogP contribution in [0.2, 0.25) is 0 Å². The highest BCUT2D eigenvalue weighted by molar-refractivity contribution is 5.93. The van der Waals surface area contributed by atoms with Gasteiger partial charge in [-0.3, -0.25) is 4.79 Å². The largest absolute Gasteiger partial charge is 0.493 e. The van der Waals surface area contributed by atoms with E-state index in [1.165, 1.54) is 0 Å². The van der Waals surface area contributed by atoms with E-state index in [0.717, 1.165) is 22.4 Å². The van der Waals surface area contributed by atoms with Crippen LogP contribution in [0, 0.1) is 13.8 Å². The quantitative estimate of drug-likeness (QED) is 0.795. The standard InChI is InChI=1S/C21H27NO4/c1-13(2)16-9-7-8-15(4)20(16)22-19(23)12-26-21-17(24-5)10-14(3)11-18(21)25-6/h7-11,13H,12H2,1-6H3,(H,22,23). The number of carbonyl (C=O) groups excluding carboxylic acids is 1. The number of hydrogen-bond donors (Lipinski definition) is 1. The molecule has 0 saturated carbocycles.